The van der Waals surface area contributed by atoms with Gasteiger partial charge in [0.05, 0.1) is 11.1 Å². The molecule has 0 radical (unpaired) electrons. The number of carbonyl (C=O) groups excluding carboxylic acids is 4. The van der Waals surface area contributed by atoms with E-state index in [1.807, 2.05) is 43.4 Å². The summed E-state index contributed by atoms with van der Waals surface area (Å²) in [6, 6.07) is 25.4. The quantitative estimate of drug-likeness (QED) is 0.215. The van der Waals surface area contributed by atoms with Crippen molar-refractivity contribution in [1.82, 2.24) is 4.57 Å². The summed E-state index contributed by atoms with van der Waals surface area (Å²) in [5, 5.41) is 1.89. The first kappa shape index (κ1) is 22.1. The van der Waals surface area contributed by atoms with Crippen molar-refractivity contribution in [2.45, 2.75) is 0 Å². The normalized spacial score (nSPS) is 14.6. The molecule has 0 saturated carbocycles. The van der Waals surface area contributed by atoms with E-state index in [1.165, 1.54) is 0 Å². The molecule has 1 heterocycles. The number of benzene rings is 4. The van der Waals surface area contributed by atoms with E-state index < -0.39 is 0 Å². The summed E-state index contributed by atoms with van der Waals surface area (Å²) in [6.07, 6.45) is 3.31. The molecule has 0 amide bonds. The number of rotatable bonds is 2. The van der Waals surface area contributed by atoms with Crippen molar-refractivity contribution in [1.29, 1.82) is 0 Å². The Kier molecular flexibility index (Phi) is 4.60. The molecule has 0 aliphatic heterocycles. The molecule has 0 bridgehead atoms. The first-order chi connectivity index (χ1) is 18.4. The molecule has 0 atom stereocenters. The van der Waals surface area contributed by atoms with Crippen LogP contribution in [0.25, 0.3) is 34.0 Å². The van der Waals surface area contributed by atoms with Crippen molar-refractivity contribution >= 4 is 57.1 Å². The Labute approximate surface area is 217 Å². The number of carbonyl (C=O) groups is 4. The molecule has 0 unspecified atom stereocenters. The van der Waals surface area contributed by atoms with Crippen LogP contribution in [-0.4, -0.2) is 27.7 Å². The van der Waals surface area contributed by atoms with Crippen molar-refractivity contribution in [2.24, 2.45) is 7.05 Å². The van der Waals surface area contributed by atoms with Gasteiger partial charge in [-0.2, -0.15) is 0 Å². The van der Waals surface area contributed by atoms with E-state index >= 15 is 0 Å². The lowest BCUT2D eigenvalue weighted by atomic mass is 10.0. The van der Waals surface area contributed by atoms with Crippen LogP contribution in [0.3, 0.4) is 0 Å². The first-order valence-corrected chi connectivity index (χ1v) is 12.2. The predicted octanol–water partition coefficient (Wildman–Crippen LogP) is 6.26. The maximum Gasteiger partial charge on any atom is 0.197 e. The highest BCUT2D eigenvalue weighted by molar-refractivity contribution is 6.42. The largest absolute Gasteiger partial charge is 0.344 e. The molecular formula is C33H19NO4. The summed E-state index contributed by atoms with van der Waals surface area (Å²) >= 11 is 0. The van der Waals surface area contributed by atoms with Crippen LogP contribution in [0, 0.1) is 0 Å². The Balaban J connectivity index is 1.34. The number of ketones is 4. The Morgan fingerprint density at radius 3 is 1.18 bits per heavy atom. The Hall–Kier alpha value is -5.16. The monoisotopic (exact) mass is 493 g/mol. The fourth-order valence-electron chi connectivity index (χ4n) is 5.57. The number of Topliss-reactive ketones (excluding diaryl/α,β-unsaturated/α-hetero) is 4. The molecule has 0 saturated heterocycles. The highest BCUT2D eigenvalue weighted by Crippen LogP contribution is 2.34. The summed E-state index contributed by atoms with van der Waals surface area (Å²) in [6.45, 7) is 0. The molecule has 2 aliphatic rings. The van der Waals surface area contributed by atoms with Crippen molar-refractivity contribution in [3.8, 4) is 0 Å². The second kappa shape index (κ2) is 7.92. The molecule has 180 valence electrons. The van der Waals surface area contributed by atoms with E-state index in [0.717, 1.165) is 32.9 Å². The van der Waals surface area contributed by atoms with Crippen LogP contribution in [0.5, 0.6) is 0 Å². The zero-order valence-corrected chi connectivity index (χ0v) is 20.3. The van der Waals surface area contributed by atoms with Crippen molar-refractivity contribution in [2.75, 3.05) is 0 Å². The summed E-state index contributed by atoms with van der Waals surface area (Å²) in [7, 11) is 1.97. The van der Waals surface area contributed by atoms with Crippen molar-refractivity contribution < 1.29 is 19.2 Å². The minimum Gasteiger partial charge on any atom is -0.344 e. The van der Waals surface area contributed by atoms with Gasteiger partial charge < -0.3 is 4.57 Å². The van der Waals surface area contributed by atoms with Crippen molar-refractivity contribution in [3.05, 3.63) is 129 Å². The minimum absolute atomic E-state index is 0.161. The van der Waals surface area contributed by atoms with Crippen LogP contribution in [0.1, 0.15) is 52.6 Å². The smallest absolute Gasteiger partial charge is 0.197 e. The molecule has 2 aliphatic carbocycles. The van der Waals surface area contributed by atoms with Gasteiger partial charge in [0.15, 0.2) is 23.1 Å². The second-order valence-corrected chi connectivity index (χ2v) is 9.64. The molecular weight excluding hydrogens is 474 g/mol. The lowest BCUT2D eigenvalue weighted by molar-refractivity contribution is 0.0975. The van der Waals surface area contributed by atoms with Gasteiger partial charge >= 0.3 is 0 Å². The third-order valence-corrected chi connectivity index (χ3v) is 7.49. The highest BCUT2D eigenvalue weighted by Gasteiger charge is 2.33. The van der Waals surface area contributed by atoms with Crippen LogP contribution in [0.15, 0.2) is 96.1 Å². The number of nitrogens with zero attached hydrogens (tertiary/aromatic N) is 1. The fourth-order valence-corrected chi connectivity index (χ4v) is 5.57. The summed E-state index contributed by atoms with van der Waals surface area (Å²) in [5.41, 5.74) is 5.53. The van der Waals surface area contributed by atoms with Gasteiger partial charge in [-0.25, -0.2) is 0 Å². The van der Waals surface area contributed by atoms with Crippen LogP contribution in [-0.2, 0) is 7.05 Å². The number of hydrogen-bond donors (Lipinski definition) is 0. The van der Waals surface area contributed by atoms with Gasteiger partial charge in [0.2, 0.25) is 0 Å². The average molecular weight is 494 g/mol. The van der Waals surface area contributed by atoms with Crippen molar-refractivity contribution in [3.63, 3.8) is 0 Å². The van der Waals surface area contributed by atoms with E-state index in [1.54, 1.807) is 60.7 Å². The summed E-state index contributed by atoms with van der Waals surface area (Å²) in [4.78, 5) is 51.5. The molecule has 4 aromatic carbocycles. The molecule has 0 spiro atoms. The van der Waals surface area contributed by atoms with Gasteiger partial charge in [-0.15, -0.1) is 0 Å². The zero-order chi connectivity index (χ0) is 26.1. The van der Waals surface area contributed by atoms with E-state index in [0.29, 0.717) is 22.3 Å². The lowest BCUT2D eigenvalue weighted by Gasteiger charge is -2.00. The summed E-state index contributed by atoms with van der Waals surface area (Å²) in [5.74, 6) is -1.04. The van der Waals surface area contributed by atoms with E-state index in [9.17, 15) is 19.2 Å². The predicted molar refractivity (Wildman–Crippen MR) is 147 cm³/mol. The van der Waals surface area contributed by atoms with E-state index in [4.69, 9.17) is 0 Å². The fraction of sp³-hybridized carbons (Fsp3) is 0.0303. The van der Waals surface area contributed by atoms with E-state index in [-0.39, 0.29) is 34.3 Å². The molecule has 0 N–H and O–H groups in total. The lowest BCUT2D eigenvalue weighted by Crippen LogP contribution is -2.00. The third kappa shape index (κ3) is 3.05. The van der Waals surface area contributed by atoms with Gasteiger partial charge in [-0.05, 0) is 47.5 Å². The maximum atomic E-state index is 12.9. The van der Waals surface area contributed by atoms with Gasteiger partial charge in [0, 0.05) is 51.1 Å². The number of allylic oxidation sites excluding steroid dienone is 2. The molecule has 38 heavy (non-hydrogen) atoms. The van der Waals surface area contributed by atoms with Gasteiger partial charge in [-0.1, -0.05) is 60.7 Å². The number of aryl methyl sites for hydroxylation is 1. The molecule has 7 rings (SSSR count). The van der Waals surface area contributed by atoms with Crippen LogP contribution < -0.4 is 0 Å². The van der Waals surface area contributed by atoms with Crippen LogP contribution in [0.4, 0.5) is 0 Å². The van der Waals surface area contributed by atoms with Crippen LogP contribution in [0.2, 0.25) is 0 Å². The third-order valence-electron chi connectivity index (χ3n) is 7.49. The Morgan fingerprint density at radius 2 is 0.842 bits per heavy atom. The van der Waals surface area contributed by atoms with Gasteiger partial charge in [0.1, 0.15) is 0 Å². The maximum absolute atomic E-state index is 12.9. The zero-order valence-electron chi connectivity index (χ0n) is 20.3. The molecule has 5 aromatic rings. The number of fused-ring (bicyclic) bond motifs is 5. The highest BCUT2D eigenvalue weighted by atomic mass is 16.2. The standard InChI is InChI=1S/C33H19NO4/c1-34-28-12-10-18(16-26-30(35)20-6-2-3-7-21(20)31(26)36)14-24(28)25-15-19(11-13-29(25)34)17-27-32(37)22-8-4-5-9-23(22)33(27)38/h2-17H,1H3. The SMILES string of the molecule is Cn1c2ccc(C=C3C(=O)c4ccccc4C3=O)cc2c2cc(C=C3C(=O)c4ccccc4C3=O)ccc21. The number of hydrogen-bond acceptors (Lipinski definition) is 4. The van der Waals surface area contributed by atoms with Crippen LogP contribution >= 0.6 is 0 Å². The summed E-state index contributed by atoms with van der Waals surface area (Å²) < 4.78 is 2.07. The molecule has 0 fully saturated rings. The Bertz CT molecular complexity index is 1780. The van der Waals surface area contributed by atoms with Gasteiger partial charge in [-0.3, -0.25) is 19.2 Å². The topological polar surface area (TPSA) is 73.2 Å². The van der Waals surface area contributed by atoms with Gasteiger partial charge in [0.25, 0.3) is 0 Å². The average Bonchev–Trinajstić information content (AvgIpc) is 3.46. The molecule has 5 heteroatoms. The Morgan fingerprint density at radius 1 is 0.500 bits per heavy atom. The van der Waals surface area contributed by atoms with E-state index in [2.05, 4.69) is 4.57 Å². The number of aromatic nitrogens is 1. The molecule has 1 aromatic heterocycles. The first-order valence-electron chi connectivity index (χ1n) is 12.2. The minimum atomic E-state index is -0.260. The molecule has 5 nitrogen and oxygen atoms in total. The second-order valence-electron chi connectivity index (χ2n) is 9.64.